The lowest BCUT2D eigenvalue weighted by molar-refractivity contribution is 0.102. The van der Waals surface area contributed by atoms with E-state index in [0.29, 0.717) is 5.92 Å². The van der Waals surface area contributed by atoms with Gasteiger partial charge in [-0.25, -0.2) is 0 Å². The standard InChI is InChI=1S/C20H24N2OS/c1-13-10-16-14(2)8-9-21-19(16)17(11-13)20(23)22-18-7-5-4-6-15(18)12-24-3/h4-7,10-11,14,21H,8-9,12H2,1-3H3,(H,22,23). The van der Waals surface area contributed by atoms with E-state index in [9.17, 15) is 4.79 Å². The van der Waals surface area contributed by atoms with Crippen molar-refractivity contribution in [3.05, 3.63) is 58.7 Å². The van der Waals surface area contributed by atoms with Gasteiger partial charge in [0.05, 0.1) is 11.3 Å². The van der Waals surface area contributed by atoms with Crippen molar-refractivity contribution in [3.63, 3.8) is 0 Å². The molecule has 126 valence electrons. The summed E-state index contributed by atoms with van der Waals surface area (Å²) < 4.78 is 0. The normalized spacial score (nSPS) is 16.2. The van der Waals surface area contributed by atoms with Crippen molar-refractivity contribution in [2.45, 2.75) is 31.9 Å². The summed E-state index contributed by atoms with van der Waals surface area (Å²) in [4.78, 5) is 12.9. The highest BCUT2D eigenvalue weighted by Gasteiger charge is 2.23. The first-order valence-corrected chi connectivity index (χ1v) is 9.76. The molecule has 1 atom stereocenters. The molecule has 1 aliphatic heterocycles. The molecule has 4 heteroatoms. The van der Waals surface area contributed by atoms with Gasteiger partial charge in [-0.3, -0.25) is 4.79 Å². The van der Waals surface area contributed by atoms with E-state index in [1.807, 2.05) is 24.3 Å². The number of para-hydroxylation sites is 1. The lowest BCUT2D eigenvalue weighted by Gasteiger charge is -2.26. The molecule has 2 aromatic carbocycles. The van der Waals surface area contributed by atoms with E-state index in [1.165, 1.54) is 5.56 Å². The van der Waals surface area contributed by atoms with Gasteiger partial charge in [-0.1, -0.05) is 31.2 Å². The van der Waals surface area contributed by atoms with Gasteiger partial charge in [0.25, 0.3) is 5.91 Å². The van der Waals surface area contributed by atoms with Crippen LogP contribution in [-0.4, -0.2) is 18.7 Å². The lowest BCUT2D eigenvalue weighted by atomic mass is 9.89. The zero-order chi connectivity index (χ0) is 17.1. The maximum atomic E-state index is 12.9. The SMILES string of the molecule is CSCc1ccccc1NC(=O)c1cc(C)cc2c1NCCC2C. The molecule has 0 aromatic heterocycles. The van der Waals surface area contributed by atoms with Crippen molar-refractivity contribution < 1.29 is 4.79 Å². The van der Waals surface area contributed by atoms with Gasteiger partial charge in [-0.05, 0) is 54.3 Å². The summed E-state index contributed by atoms with van der Waals surface area (Å²) in [7, 11) is 0. The monoisotopic (exact) mass is 340 g/mol. The Hall–Kier alpha value is -1.94. The minimum Gasteiger partial charge on any atom is -0.384 e. The van der Waals surface area contributed by atoms with Gasteiger partial charge >= 0.3 is 0 Å². The largest absolute Gasteiger partial charge is 0.384 e. The summed E-state index contributed by atoms with van der Waals surface area (Å²) in [5, 5.41) is 6.54. The van der Waals surface area contributed by atoms with Crippen LogP contribution in [0.25, 0.3) is 0 Å². The second kappa shape index (κ2) is 7.31. The van der Waals surface area contributed by atoms with E-state index < -0.39 is 0 Å². The van der Waals surface area contributed by atoms with Crippen LogP contribution < -0.4 is 10.6 Å². The predicted molar refractivity (Wildman–Crippen MR) is 104 cm³/mol. The van der Waals surface area contributed by atoms with Gasteiger partial charge in [0.1, 0.15) is 0 Å². The molecule has 1 unspecified atom stereocenters. The molecule has 1 amide bonds. The first kappa shape index (κ1) is 16.9. The molecular formula is C20H24N2OS. The van der Waals surface area contributed by atoms with Crippen LogP contribution in [-0.2, 0) is 5.75 Å². The Morgan fingerprint density at radius 3 is 2.92 bits per heavy atom. The number of anilines is 2. The van der Waals surface area contributed by atoms with Crippen LogP contribution in [0.5, 0.6) is 0 Å². The quantitative estimate of drug-likeness (QED) is 0.820. The molecule has 0 spiro atoms. The molecular weight excluding hydrogens is 316 g/mol. The van der Waals surface area contributed by atoms with E-state index in [4.69, 9.17) is 0 Å². The van der Waals surface area contributed by atoms with E-state index >= 15 is 0 Å². The molecule has 0 saturated carbocycles. The summed E-state index contributed by atoms with van der Waals surface area (Å²) in [6.07, 6.45) is 3.18. The van der Waals surface area contributed by atoms with Crippen LogP contribution >= 0.6 is 11.8 Å². The lowest BCUT2D eigenvalue weighted by Crippen LogP contribution is -2.21. The number of fused-ring (bicyclic) bond motifs is 1. The average molecular weight is 340 g/mol. The van der Waals surface area contributed by atoms with Gasteiger partial charge in [-0.15, -0.1) is 0 Å². The van der Waals surface area contributed by atoms with Crippen molar-refractivity contribution in [3.8, 4) is 0 Å². The van der Waals surface area contributed by atoms with Crippen LogP contribution in [0.1, 0.15) is 46.3 Å². The fraction of sp³-hybridized carbons (Fsp3) is 0.350. The number of amides is 1. The average Bonchev–Trinajstić information content (AvgIpc) is 2.57. The molecule has 0 saturated heterocycles. The third-order valence-electron chi connectivity index (χ3n) is 4.53. The Kier molecular flexibility index (Phi) is 5.14. The zero-order valence-electron chi connectivity index (χ0n) is 14.5. The maximum Gasteiger partial charge on any atom is 0.257 e. The highest BCUT2D eigenvalue weighted by Crippen LogP contribution is 2.35. The van der Waals surface area contributed by atoms with Crippen LogP contribution in [0.2, 0.25) is 0 Å². The van der Waals surface area contributed by atoms with Crippen LogP contribution in [0, 0.1) is 6.92 Å². The van der Waals surface area contributed by atoms with Crippen molar-refractivity contribution in [1.29, 1.82) is 0 Å². The Morgan fingerprint density at radius 1 is 1.33 bits per heavy atom. The fourth-order valence-corrected chi connectivity index (χ4v) is 3.82. The van der Waals surface area contributed by atoms with Gasteiger partial charge in [0, 0.05) is 18.0 Å². The van der Waals surface area contributed by atoms with E-state index in [1.54, 1.807) is 11.8 Å². The molecule has 0 aliphatic carbocycles. The number of rotatable bonds is 4. The fourth-order valence-electron chi connectivity index (χ4n) is 3.26. The Bertz CT molecular complexity index is 757. The van der Waals surface area contributed by atoms with Gasteiger partial charge in [0.2, 0.25) is 0 Å². The number of hydrogen-bond donors (Lipinski definition) is 2. The molecule has 3 nitrogen and oxygen atoms in total. The Morgan fingerprint density at radius 2 is 2.12 bits per heavy atom. The van der Waals surface area contributed by atoms with Crippen molar-refractivity contribution in [2.75, 3.05) is 23.4 Å². The van der Waals surface area contributed by atoms with Crippen molar-refractivity contribution in [1.82, 2.24) is 0 Å². The zero-order valence-corrected chi connectivity index (χ0v) is 15.3. The van der Waals surface area contributed by atoms with Crippen LogP contribution in [0.4, 0.5) is 11.4 Å². The topological polar surface area (TPSA) is 41.1 Å². The molecule has 2 N–H and O–H groups in total. The highest BCUT2D eigenvalue weighted by atomic mass is 32.2. The number of carbonyl (C=O) groups excluding carboxylic acids is 1. The number of benzene rings is 2. The second-order valence-electron chi connectivity index (χ2n) is 6.44. The van der Waals surface area contributed by atoms with Gasteiger partial charge in [0.15, 0.2) is 0 Å². The number of nitrogens with one attached hydrogen (secondary N) is 2. The third kappa shape index (κ3) is 3.44. The molecule has 1 aliphatic rings. The molecule has 0 radical (unpaired) electrons. The van der Waals surface area contributed by atoms with E-state index in [2.05, 4.69) is 42.9 Å². The van der Waals surface area contributed by atoms with Crippen molar-refractivity contribution in [2.24, 2.45) is 0 Å². The molecule has 24 heavy (non-hydrogen) atoms. The van der Waals surface area contributed by atoms with Crippen molar-refractivity contribution >= 4 is 29.0 Å². The summed E-state index contributed by atoms with van der Waals surface area (Å²) in [6.45, 7) is 5.20. The second-order valence-corrected chi connectivity index (χ2v) is 7.30. The Balaban J connectivity index is 1.94. The highest BCUT2D eigenvalue weighted by molar-refractivity contribution is 7.97. The van der Waals surface area contributed by atoms with Gasteiger partial charge in [-0.2, -0.15) is 11.8 Å². The van der Waals surface area contributed by atoms with Crippen LogP contribution in [0.3, 0.4) is 0 Å². The third-order valence-corrected chi connectivity index (χ3v) is 5.13. The number of carbonyl (C=O) groups is 1. The minimum absolute atomic E-state index is 0.0369. The summed E-state index contributed by atoms with van der Waals surface area (Å²) in [5.74, 6) is 1.33. The Labute approximate surface area is 148 Å². The first-order valence-electron chi connectivity index (χ1n) is 8.36. The van der Waals surface area contributed by atoms with E-state index in [0.717, 1.165) is 46.8 Å². The molecule has 2 aromatic rings. The molecule has 0 fully saturated rings. The molecule has 3 rings (SSSR count). The smallest absolute Gasteiger partial charge is 0.257 e. The number of thioether (sulfide) groups is 1. The summed E-state index contributed by atoms with van der Waals surface area (Å²) in [6, 6.07) is 12.2. The van der Waals surface area contributed by atoms with E-state index in [-0.39, 0.29) is 5.91 Å². The minimum atomic E-state index is -0.0369. The first-order chi connectivity index (χ1) is 11.6. The molecule has 0 bridgehead atoms. The summed E-state index contributed by atoms with van der Waals surface area (Å²) >= 11 is 1.75. The molecule has 1 heterocycles. The summed E-state index contributed by atoms with van der Waals surface area (Å²) in [5.41, 5.74) is 6.18. The van der Waals surface area contributed by atoms with Crippen LogP contribution in [0.15, 0.2) is 36.4 Å². The van der Waals surface area contributed by atoms with Gasteiger partial charge < -0.3 is 10.6 Å². The number of aryl methyl sites for hydroxylation is 1. The maximum absolute atomic E-state index is 12.9. The number of hydrogen-bond acceptors (Lipinski definition) is 3. The predicted octanol–water partition coefficient (Wildman–Crippen LogP) is 5.03.